The van der Waals surface area contributed by atoms with Crippen molar-refractivity contribution in [3.63, 3.8) is 0 Å². The fraction of sp³-hybridized carbons (Fsp3) is 0.611. The van der Waals surface area contributed by atoms with Crippen LogP contribution in [-0.4, -0.2) is 44.1 Å². The van der Waals surface area contributed by atoms with Crippen LogP contribution in [0.15, 0.2) is 23.2 Å². The first kappa shape index (κ1) is 15.3. The van der Waals surface area contributed by atoms with Gasteiger partial charge >= 0.3 is 0 Å². The second-order valence-corrected chi connectivity index (χ2v) is 6.54. The third-order valence-electron chi connectivity index (χ3n) is 4.60. The second kappa shape index (κ2) is 6.69. The summed E-state index contributed by atoms with van der Waals surface area (Å²) >= 11 is 0. The SMILES string of the molecule is CN=C(NCC1CC1)N1CCOC(c2ccc(C)cc2C)C1. The summed E-state index contributed by atoms with van der Waals surface area (Å²) in [6.45, 7) is 7.89. The van der Waals surface area contributed by atoms with Crippen molar-refractivity contribution in [2.24, 2.45) is 10.9 Å². The van der Waals surface area contributed by atoms with Crippen molar-refractivity contribution in [2.75, 3.05) is 33.3 Å². The predicted molar refractivity (Wildman–Crippen MR) is 90.3 cm³/mol. The highest BCUT2D eigenvalue weighted by atomic mass is 16.5. The van der Waals surface area contributed by atoms with Crippen molar-refractivity contribution in [3.8, 4) is 0 Å². The number of nitrogens with zero attached hydrogens (tertiary/aromatic N) is 2. The van der Waals surface area contributed by atoms with Crippen molar-refractivity contribution >= 4 is 5.96 Å². The molecule has 4 nitrogen and oxygen atoms in total. The summed E-state index contributed by atoms with van der Waals surface area (Å²) in [6.07, 6.45) is 2.85. The Bertz CT molecular complexity index is 551. The Morgan fingerprint density at radius 1 is 1.36 bits per heavy atom. The number of ether oxygens (including phenoxy) is 1. The minimum atomic E-state index is 0.133. The quantitative estimate of drug-likeness (QED) is 0.689. The molecular weight excluding hydrogens is 274 g/mol. The lowest BCUT2D eigenvalue weighted by Crippen LogP contribution is -2.48. The molecule has 1 aromatic carbocycles. The lowest BCUT2D eigenvalue weighted by molar-refractivity contribution is -0.00832. The van der Waals surface area contributed by atoms with E-state index in [0.29, 0.717) is 0 Å². The Balaban J connectivity index is 1.67. The van der Waals surface area contributed by atoms with Crippen LogP contribution >= 0.6 is 0 Å². The average molecular weight is 301 g/mol. The number of aryl methyl sites for hydroxylation is 2. The van der Waals surface area contributed by atoms with Crippen LogP contribution in [0.2, 0.25) is 0 Å². The van der Waals surface area contributed by atoms with Crippen LogP contribution in [0, 0.1) is 19.8 Å². The first-order valence-electron chi connectivity index (χ1n) is 8.31. The molecule has 1 saturated heterocycles. The lowest BCUT2D eigenvalue weighted by Gasteiger charge is -2.36. The maximum atomic E-state index is 6.02. The molecule has 0 aromatic heterocycles. The van der Waals surface area contributed by atoms with Crippen molar-refractivity contribution in [3.05, 3.63) is 34.9 Å². The summed E-state index contributed by atoms with van der Waals surface area (Å²) in [5.74, 6) is 1.87. The molecule has 3 rings (SSSR count). The molecule has 4 heteroatoms. The van der Waals surface area contributed by atoms with Crippen LogP contribution in [0.5, 0.6) is 0 Å². The van der Waals surface area contributed by atoms with Gasteiger partial charge in [-0.3, -0.25) is 4.99 Å². The highest BCUT2D eigenvalue weighted by Gasteiger charge is 2.27. The fourth-order valence-corrected chi connectivity index (χ4v) is 3.11. The molecule has 1 heterocycles. The molecule has 0 spiro atoms. The largest absolute Gasteiger partial charge is 0.370 e. The van der Waals surface area contributed by atoms with Gasteiger partial charge < -0.3 is 15.0 Å². The van der Waals surface area contributed by atoms with Crippen molar-refractivity contribution < 1.29 is 4.74 Å². The van der Waals surface area contributed by atoms with Crippen LogP contribution in [0.25, 0.3) is 0 Å². The van der Waals surface area contributed by atoms with Gasteiger partial charge in [-0.2, -0.15) is 0 Å². The minimum absolute atomic E-state index is 0.133. The van der Waals surface area contributed by atoms with Crippen molar-refractivity contribution in [1.29, 1.82) is 0 Å². The van der Waals surface area contributed by atoms with E-state index >= 15 is 0 Å². The van der Waals surface area contributed by atoms with Gasteiger partial charge in [0.05, 0.1) is 13.2 Å². The summed E-state index contributed by atoms with van der Waals surface area (Å²) in [7, 11) is 1.87. The molecule has 22 heavy (non-hydrogen) atoms. The van der Waals surface area contributed by atoms with Crippen LogP contribution < -0.4 is 5.32 Å². The van der Waals surface area contributed by atoms with E-state index in [1.54, 1.807) is 0 Å². The zero-order valence-corrected chi connectivity index (χ0v) is 13.9. The standard InChI is InChI=1S/C18H27N3O/c1-13-4-7-16(14(2)10-13)17-12-21(8-9-22-17)18(19-3)20-11-15-5-6-15/h4,7,10,15,17H,5-6,8-9,11-12H2,1-3H3,(H,19,20). The molecule has 2 fully saturated rings. The van der Waals surface area contributed by atoms with E-state index in [1.807, 2.05) is 7.05 Å². The highest BCUT2D eigenvalue weighted by Crippen LogP contribution is 2.28. The van der Waals surface area contributed by atoms with Gasteiger partial charge in [-0.05, 0) is 43.7 Å². The number of hydrogen-bond acceptors (Lipinski definition) is 2. The molecule has 2 aliphatic rings. The second-order valence-electron chi connectivity index (χ2n) is 6.54. The maximum Gasteiger partial charge on any atom is 0.193 e. The first-order valence-corrected chi connectivity index (χ1v) is 8.31. The smallest absolute Gasteiger partial charge is 0.193 e. The van der Waals surface area contributed by atoms with Gasteiger partial charge in [0.2, 0.25) is 0 Å². The number of nitrogens with one attached hydrogen (secondary N) is 1. The first-order chi connectivity index (χ1) is 10.7. The van der Waals surface area contributed by atoms with E-state index in [9.17, 15) is 0 Å². The number of morpholine rings is 1. The Morgan fingerprint density at radius 2 is 2.18 bits per heavy atom. The van der Waals surface area contributed by atoms with E-state index in [-0.39, 0.29) is 6.10 Å². The topological polar surface area (TPSA) is 36.9 Å². The van der Waals surface area contributed by atoms with Crippen LogP contribution in [-0.2, 0) is 4.74 Å². The average Bonchev–Trinajstić information content (AvgIpc) is 3.32. The van der Waals surface area contributed by atoms with E-state index in [1.165, 1.54) is 29.5 Å². The van der Waals surface area contributed by atoms with E-state index < -0.39 is 0 Å². The molecule has 1 aliphatic heterocycles. The molecule has 0 amide bonds. The number of benzene rings is 1. The zero-order chi connectivity index (χ0) is 15.5. The summed E-state index contributed by atoms with van der Waals surface area (Å²) in [6, 6.07) is 6.61. The van der Waals surface area contributed by atoms with Crippen LogP contribution in [0.3, 0.4) is 0 Å². The molecule has 1 unspecified atom stereocenters. The number of hydrogen-bond donors (Lipinski definition) is 1. The summed E-state index contributed by atoms with van der Waals surface area (Å²) in [4.78, 5) is 6.78. The van der Waals surface area contributed by atoms with E-state index in [2.05, 4.69) is 47.3 Å². The highest BCUT2D eigenvalue weighted by molar-refractivity contribution is 5.80. The van der Waals surface area contributed by atoms with Gasteiger partial charge in [-0.15, -0.1) is 0 Å². The van der Waals surface area contributed by atoms with Gasteiger partial charge in [0.1, 0.15) is 6.10 Å². The minimum Gasteiger partial charge on any atom is -0.370 e. The molecule has 1 aliphatic carbocycles. The predicted octanol–water partition coefficient (Wildman–Crippen LogP) is 2.66. The normalized spacial score (nSPS) is 22.8. The molecule has 1 atom stereocenters. The van der Waals surface area contributed by atoms with Crippen molar-refractivity contribution in [1.82, 2.24) is 10.2 Å². The molecule has 0 radical (unpaired) electrons. The molecule has 1 saturated carbocycles. The Kier molecular flexibility index (Phi) is 4.67. The number of guanidine groups is 1. The van der Waals surface area contributed by atoms with Gasteiger partial charge in [0.15, 0.2) is 5.96 Å². The third kappa shape index (κ3) is 3.61. The molecule has 1 aromatic rings. The lowest BCUT2D eigenvalue weighted by atomic mass is 10.00. The zero-order valence-electron chi connectivity index (χ0n) is 13.9. The summed E-state index contributed by atoms with van der Waals surface area (Å²) in [5.41, 5.74) is 3.91. The van der Waals surface area contributed by atoms with Gasteiger partial charge in [-0.1, -0.05) is 23.8 Å². The van der Waals surface area contributed by atoms with Crippen LogP contribution in [0.4, 0.5) is 0 Å². The van der Waals surface area contributed by atoms with Gasteiger partial charge in [0.25, 0.3) is 0 Å². The van der Waals surface area contributed by atoms with Gasteiger partial charge in [0, 0.05) is 20.1 Å². The van der Waals surface area contributed by atoms with Crippen LogP contribution in [0.1, 0.15) is 35.6 Å². The summed E-state index contributed by atoms with van der Waals surface area (Å²) in [5, 5.41) is 3.52. The number of rotatable bonds is 3. The Hall–Kier alpha value is -1.55. The maximum absolute atomic E-state index is 6.02. The van der Waals surface area contributed by atoms with E-state index in [4.69, 9.17) is 4.74 Å². The third-order valence-corrected chi connectivity index (χ3v) is 4.60. The molecule has 0 bridgehead atoms. The Labute approximate surface area is 133 Å². The summed E-state index contributed by atoms with van der Waals surface area (Å²) < 4.78 is 6.02. The molecular formula is C18H27N3O. The number of aliphatic imine (C=N–C) groups is 1. The van der Waals surface area contributed by atoms with E-state index in [0.717, 1.165) is 38.1 Å². The van der Waals surface area contributed by atoms with Gasteiger partial charge in [-0.25, -0.2) is 0 Å². The Morgan fingerprint density at radius 3 is 2.86 bits per heavy atom. The molecule has 1 N–H and O–H groups in total. The molecule has 120 valence electrons. The monoisotopic (exact) mass is 301 g/mol. The van der Waals surface area contributed by atoms with Crippen molar-refractivity contribution in [2.45, 2.75) is 32.8 Å². The fourth-order valence-electron chi connectivity index (χ4n) is 3.11.